The van der Waals surface area contributed by atoms with E-state index in [-0.39, 0.29) is 0 Å². The van der Waals surface area contributed by atoms with Gasteiger partial charge in [-0.3, -0.25) is 4.98 Å². The number of hydrogen-bond donors (Lipinski definition) is 0. The molecule has 0 aliphatic heterocycles. The summed E-state index contributed by atoms with van der Waals surface area (Å²) in [5, 5.41) is 0. The molecule has 2 heteroatoms. The highest BCUT2D eigenvalue weighted by Crippen LogP contribution is 2.27. The molecule has 0 amide bonds. The Morgan fingerprint density at radius 1 is 0.607 bits per heavy atom. The van der Waals surface area contributed by atoms with Crippen LogP contribution in [-0.4, -0.2) is 11.6 Å². The number of ether oxygens (including phenoxy) is 1. The van der Waals surface area contributed by atoms with Gasteiger partial charge in [-0.15, -0.1) is 0 Å². The first-order valence-electron chi connectivity index (χ1n) is 9.60. The SMILES string of the molecule is CCOc1ccc(-c2ccc(-c3ccc(-c4ccc(C)cc4)cn3)cc2)cc1. The molecule has 0 N–H and O–H groups in total. The fourth-order valence-corrected chi connectivity index (χ4v) is 3.23. The lowest BCUT2D eigenvalue weighted by atomic mass is 10.0. The van der Waals surface area contributed by atoms with Crippen molar-refractivity contribution in [2.24, 2.45) is 0 Å². The average molecular weight is 365 g/mol. The van der Waals surface area contributed by atoms with Crippen molar-refractivity contribution >= 4 is 0 Å². The van der Waals surface area contributed by atoms with Gasteiger partial charge in [0.1, 0.15) is 5.75 Å². The van der Waals surface area contributed by atoms with E-state index in [1.54, 1.807) is 0 Å². The summed E-state index contributed by atoms with van der Waals surface area (Å²) in [6, 6.07) is 29.5. The standard InChI is InChI=1S/C26H23NO/c1-3-28-25-15-12-21(13-16-25)20-8-10-23(11-9-20)26-17-14-24(18-27-26)22-6-4-19(2)5-7-22/h4-18H,3H2,1-2H3. The molecule has 0 bridgehead atoms. The predicted octanol–water partition coefficient (Wildman–Crippen LogP) is 6.79. The fraction of sp³-hybridized carbons (Fsp3) is 0.115. The van der Waals surface area contributed by atoms with Crippen LogP contribution in [0.3, 0.4) is 0 Å². The molecule has 0 fully saturated rings. The molecule has 2 nitrogen and oxygen atoms in total. The van der Waals surface area contributed by atoms with Gasteiger partial charge in [0.05, 0.1) is 12.3 Å². The Balaban J connectivity index is 1.52. The summed E-state index contributed by atoms with van der Waals surface area (Å²) < 4.78 is 5.51. The third-order valence-corrected chi connectivity index (χ3v) is 4.83. The van der Waals surface area contributed by atoms with E-state index in [1.165, 1.54) is 22.3 Å². The van der Waals surface area contributed by atoms with Crippen molar-refractivity contribution in [3.05, 3.63) is 96.7 Å². The van der Waals surface area contributed by atoms with Gasteiger partial charge in [-0.2, -0.15) is 0 Å². The quantitative estimate of drug-likeness (QED) is 0.388. The number of hydrogen-bond acceptors (Lipinski definition) is 2. The van der Waals surface area contributed by atoms with E-state index in [4.69, 9.17) is 4.74 Å². The van der Waals surface area contributed by atoms with Crippen LogP contribution in [0.2, 0.25) is 0 Å². The Morgan fingerprint density at radius 2 is 1.11 bits per heavy atom. The Kier molecular flexibility index (Phi) is 5.20. The van der Waals surface area contributed by atoms with Crippen molar-refractivity contribution in [3.63, 3.8) is 0 Å². The van der Waals surface area contributed by atoms with Gasteiger partial charge in [-0.25, -0.2) is 0 Å². The van der Waals surface area contributed by atoms with Crippen LogP contribution in [0.5, 0.6) is 5.75 Å². The zero-order chi connectivity index (χ0) is 19.3. The van der Waals surface area contributed by atoms with E-state index >= 15 is 0 Å². The lowest BCUT2D eigenvalue weighted by Crippen LogP contribution is -1.90. The van der Waals surface area contributed by atoms with E-state index in [0.717, 1.165) is 22.6 Å². The molecular weight excluding hydrogens is 342 g/mol. The number of benzene rings is 3. The Morgan fingerprint density at radius 3 is 1.68 bits per heavy atom. The molecule has 1 aromatic heterocycles. The minimum absolute atomic E-state index is 0.684. The van der Waals surface area contributed by atoms with E-state index in [2.05, 4.69) is 84.7 Å². The molecule has 4 rings (SSSR count). The van der Waals surface area contributed by atoms with Crippen LogP contribution >= 0.6 is 0 Å². The molecule has 0 atom stereocenters. The topological polar surface area (TPSA) is 22.1 Å². The van der Waals surface area contributed by atoms with Crippen LogP contribution in [0.4, 0.5) is 0 Å². The van der Waals surface area contributed by atoms with Crippen molar-refractivity contribution in [2.45, 2.75) is 13.8 Å². The molecule has 0 radical (unpaired) electrons. The molecule has 0 spiro atoms. The number of aryl methyl sites for hydroxylation is 1. The van der Waals surface area contributed by atoms with Crippen LogP contribution < -0.4 is 4.74 Å². The molecule has 3 aromatic carbocycles. The molecular formula is C26H23NO. The summed E-state index contributed by atoms with van der Waals surface area (Å²) in [6.45, 7) is 4.78. The maximum absolute atomic E-state index is 5.51. The number of pyridine rings is 1. The Bertz CT molecular complexity index is 1030. The van der Waals surface area contributed by atoms with E-state index in [1.807, 2.05) is 25.3 Å². The predicted molar refractivity (Wildman–Crippen MR) is 116 cm³/mol. The van der Waals surface area contributed by atoms with Crippen molar-refractivity contribution in [2.75, 3.05) is 6.61 Å². The minimum Gasteiger partial charge on any atom is -0.494 e. The van der Waals surface area contributed by atoms with Gasteiger partial charge in [0.25, 0.3) is 0 Å². The number of rotatable bonds is 5. The summed E-state index contributed by atoms with van der Waals surface area (Å²) >= 11 is 0. The lowest BCUT2D eigenvalue weighted by molar-refractivity contribution is 0.340. The first-order chi connectivity index (χ1) is 13.7. The molecule has 0 saturated heterocycles. The minimum atomic E-state index is 0.684. The monoisotopic (exact) mass is 365 g/mol. The number of nitrogens with zero attached hydrogens (tertiary/aromatic N) is 1. The smallest absolute Gasteiger partial charge is 0.119 e. The van der Waals surface area contributed by atoms with E-state index < -0.39 is 0 Å². The third-order valence-electron chi connectivity index (χ3n) is 4.83. The van der Waals surface area contributed by atoms with Crippen molar-refractivity contribution < 1.29 is 4.74 Å². The molecule has 0 aliphatic carbocycles. The highest BCUT2D eigenvalue weighted by molar-refractivity contribution is 5.71. The van der Waals surface area contributed by atoms with E-state index in [0.29, 0.717) is 6.61 Å². The van der Waals surface area contributed by atoms with Crippen LogP contribution in [0.15, 0.2) is 91.1 Å². The Hall–Kier alpha value is -3.39. The molecule has 0 unspecified atom stereocenters. The van der Waals surface area contributed by atoms with Crippen LogP contribution in [0.25, 0.3) is 33.5 Å². The average Bonchev–Trinajstić information content (AvgIpc) is 2.75. The maximum Gasteiger partial charge on any atom is 0.119 e. The molecule has 1 heterocycles. The second kappa shape index (κ2) is 8.10. The van der Waals surface area contributed by atoms with Gasteiger partial charge in [-0.1, -0.05) is 72.3 Å². The van der Waals surface area contributed by atoms with Crippen molar-refractivity contribution in [1.82, 2.24) is 4.98 Å². The molecule has 0 saturated carbocycles. The van der Waals surface area contributed by atoms with Gasteiger partial charge in [0, 0.05) is 17.3 Å². The number of aromatic nitrogens is 1. The second-order valence-electron chi connectivity index (χ2n) is 6.83. The van der Waals surface area contributed by atoms with Gasteiger partial charge in [0.15, 0.2) is 0 Å². The summed E-state index contributed by atoms with van der Waals surface area (Å²) in [6.07, 6.45) is 1.94. The second-order valence-corrected chi connectivity index (χ2v) is 6.83. The van der Waals surface area contributed by atoms with Gasteiger partial charge in [0.2, 0.25) is 0 Å². The van der Waals surface area contributed by atoms with E-state index in [9.17, 15) is 0 Å². The van der Waals surface area contributed by atoms with Gasteiger partial charge in [-0.05, 0) is 48.7 Å². The maximum atomic E-state index is 5.51. The lowest BCUT2D eigenvalue weighted by Gasteiger charge is -2.07. The fourth-order valence-electron chi connectivity index (χ4n) is 3.23. The molecule has 28 heavy (non-hydrogen) atoms. The summed E-state index contributed by atoms with van der Waals surface area (Å²) in [4.78, 5) is 4.67. The summed E-state index contributed by atoms with van der Waals surface area (Å²) in [7, 11) is 0. The van der Waals surface area contributed by atoms with Crippen LogP contribution in [0.1, 0.15) is 12.5 Å². The summed E-state index contributed by atoms with van der Waals surface area (Å²) in [5.41, 5.74) is 8.05. The first-order valence-corrected chi connectivity index (χ1v) is 9.60. The summed E-state index contributed by atoms with van der Waals surface area (Å²) in [5.74, 6) is 0.903. The highest BCUT2D eigenvalue weighted by Gasteiger charge is 2.04. The third kappa shape index (κ3) is 3.96. The van der Waals surface area contributed by atoms with Gasteiger partial charge >= 0.3 is 0 Å². The normalized spacial score (nSPS) is 10.6. The first kappa shape index (κ1) is 18.0. The van der Waals surface area contributed by atoms with Crippen molar-refractivity contribution in [1.29, 1.82) is 0 Å². The van der Waals surface area contributed by atoms with Crippen LogP contribution in [-0.2, 0) is 0 Å². The highest BCUT2D eigenvalue weighted by atomic mass is 16.5. The zero-order valence-electron chi connectivity index (χ0n) is 16.2. The molecule has 4 aromatic rings. The van der Waals surface area contributed by atoms with Crippen LogP contribution in [0, 0.1) is 6.92 Å². The molecule has 0 aliphatic rings. The van der Waals surface area contributed by atoms with Crippen molar-refractivity contribution in [3.8, 4) is 39.3 Å². The van der Waals surface area contributed by atoms with Gasteiger partial charge < -0.3 is 4.74 Å². The largest absolute Gasteiger partial charge is 0.494 e. The molecule has 138 valence electrons. The Labute approximate surface area is 166 Å². The zero-order valence-corrected chi connectivity index (χ0v) is 16.2.